The predicted molar refractivity (Wildman–Crippen MR) is 88.3 cm³/mol. The van der Waals surface area contributed by atoms with Crippen LogP contribution < -0.4 is 4.74 Å². The van der Waals surface area contributed by atoms with Crippen LogP contribution in [-0.4, -0.2) is 39.4 Å². The predicted octanol–water partition coefficient (Wildman–Crippen LogP) is 1.98. The number of aliphatic carboxylic acids is 1. The van der Waals surface area contributed by atoms with Gasteiger partial charge < -0.3 is 9.84 Å². The minimum atomic E-state index is -1.12. The van der Waals surface area contributed by atoms with Gasteiger partial charge in [0.1, 0.15) is 23.2 Å². The van der Waals surface area contributed by atoms with Crippen molar-refractivity contribution in [3.8, 4) is 18.1 Å². The van der Waals surface area contributed by atoms with E-state index in [0.29, 0.717) is 16.2 Å². The van der Waals surface area contributed by atoms with Gasteiger partial charge in [0.2, 0.25) is 0 Å². The molecule has 1 fully saturated rings. The first-order valence-electron chi connectivity index (χ1n) is 6.15. The van der Waals surface area contributed by atoms with Gasteiger partial charge in [-0.15, -0.1) is 6.42 Å². The van der Waals surface area contributed by atoms with E-state index in [9.17, 15) is 9.59 Å². The van der Waals surface area contributed by atoms with Gasteiger partial charge in [-0.3, -0.25) is 14.5 Å². The number of amides is 1. The molecule has 112 valence electrons. The summed E-state index contributed by atoms with van der Waals surface area (Å²) >= 11 is 6.10. The van der Waals surface area contributed by atoms with Crippen molar-refractivity contribution in [1.82, 2.24) is 4.90 Å². The second-order valence-electron chi connectivity index (χ2n) is 4.19. The van der Waals surface area contributed by atoms with Crippen LogP contribution in [0, 0.1) is 12.3 Å². The molecule has 0 radical (unpaired) electrons. The monoisotopic (exact) mass is 333 g/mol. The van der Waals surface area contributed by atoms with Crippen LogP contribution in [0.2, 0.25) is 0 Å². The van der Waals surface area contributed by atoms with Crippen molar-refractivity contribution in [2.24, 2.45) is 0 Å². The van der Waals surface area contributed by atoms with Gasteiger partial charge in [0.05, 0.1) is 4.91 Å². The topological polar surface area (TPSA) is 66.8 Å². The van der Waals surface area contributed by atoms with Gasteiger partial charge in [0.15, 0.2) is 0 Å². The molecule has 1 heterocycles. The Kier molecular flexibility index (Phi) is 5.20. The quantitative estimate of drug-likeness (QED) is 0.505. The molecule has 2 rings (SSSR count). The summed E-state index contributed by atoms with van der Waals surface area (Å²) in [6.07, 6.45) is 6.78. The van der Waals surface area contributed by atoms with Crippen LogP contribution in [0.25, 0.3) is 6.08 Å². The second-order valence-corrected chi connectivity index (χ2v) is 5.87. The van der Waals surface area contributed by atoms with Gasteiger partial charge in [0.25, 0.3) is 5.91 Å². The zero-order valence-electron chi connectivity index (χ0n) is 11.3. The Balaban J connectivity index is 2.27. The number of rotatable bonds is 5. The van der Waals surface area contributed by atoms with E-state index >= 15 is 0 Å². The first-order valence-corrected chi connectivity index (χ1v) is 7.38. The number of carbonyl (C=O) groups is 2. The number of benzene rings is 1. The molecule has 7 heteroatoms. The van der Waals surface area contributed by atoms with E-state index < -0.39 is 18.4 Å². The van der Waals surface area contributed by atoms with E-state index in [1.54, 1.807) is 30.3 Å². The summed E-state index contributed by atoms with van der Waals surface area (Å²) in [5.41, 5.74) is 0.675. The van der Waals surface area contributed by atoms with Crippen molar-refractivity contribution in [3.63, 3.8) is 0 Å². The number of hydrogen-bond donors (Lipinski definition) is 1. The van der Waals surface area contributed by atoms with E-state index in [1.165, 1.54) is 0 Å². The van der Waals surface area contributed by atoms with Gasteiger partial charge in [0, 0.05) is 5.56 Å². The van der Waals surface area contributed by atoms with Crippen molar-refractivity contribution in [2.75, 3.05) is 13.2 Å². The molecule has 1 aromatic rings. The Labute approximate surface area is 136 Å². The number of carboxylic acids is 1. The highest BCUT2D eigenvalue weighted by Crippen LogP contribution is 2.34. The molecular formula is C15H11NO4S2. The standard InChI is InChI=1S/C15H11NO4S2/c1-2-7-20-11-6-4-3-5-10(11)8-12-14(19)16(9-13(17)18)15(21)22-12/h1,3-6,8H,7,9H2,(H,17,18)/b12-8+. The molecule has 0 unspecified atom stereocenters. The van der Waals surface area contributed by atoms with E-state index in [2.05, 4.69) is 5.92 Å². The highest BCUT2D eigenvalue weighted by molar-refractivity contribution is 8.26. The summed E-state index contributed by atoms with van der Waals surface area (Å²) < 4.78 is 5.63. The van der Waals surface area contributed by atoms with Gasteiger partial charge in [-0.2, -0.15) is 0 Å². The van der Waals surface area contributed by atoms with E-state index in [4.69, 9.17) is 28.5 Å². The Hall–Kier alpha value is -2.30. The SMILES string of the molecule is C#CCOc1ccccc1/C=C1/SC(=S)N(CC(=O)O)C1=O. The maximum absolute atomic E-state index is 12.2. The number of carbonyl (C=O) groups excluding carboxylic acids is 1. The number of ether oxygens (including phenoxy) is 1. The van der Waals surface area contributed by atoms with Crippen LogP contribution in [0.1, 0.15) is 5.56 Å². The third kappa shape index (κ3) is 3.67. The summed E-state index contributed by atoms with van der Waals surface area (Å²) in [5.74, 6) is 1.38. The first kappa shape index (κ1) is 16.1. The molecule has 1 saturated heterocycles. The van der Waals surface area contributed by atoms with Crippen LogP contribution in [0.15, 0.2) is 29.2 Å². The highest BCUT2D eigenvalue weighted by atomic mass is 32.2. The minimum Gasteiger partial charge on any atom is -0.480 e. The van der Waals surface area contributed by atoms with Gasteiger partial charge in [-0.25, -0.2) is 0 Å². The lowest BCUT2D eigenvalue weighted by Crippen LogP contribution is -2.33. The van der Waals surface area contributed by atoms with Gasteiger partial charge in [-0.05, 0) is 12.1 Å². The Morgan fingerprint density at radius 1 is 1.50 bits per heavy atom. The van der Waals surface area contributed by atoms with Crippen molar-refractivity contribution in [2.45, 2.75) is 0 Å². The molecule has 1 amide bonds. The number of thiocarbonyl (C=S) groups is 1. The van der Waals surface area contributed by atoms with E-state index in [0.717, 1.165) is 16.7 Å². The summed E-state index contributed by atoms with van der Waals surface area (Å²) in [7, 11) is 0. The molecule has 0 spiro atoms. The highest BCUT2D eigenvalue weighted by Gasteiger charge is 2.33. The molecule has 0 bridgehead atoms. The molecule has 1 aromatic carbocycles. The number of terminal acetylenes is 1. The van der Waals surface area contributed by atoms with E-state index in [-0.39, 0.29) is 10.9 Å². The maximum atomic E-state index is 12.2. The first-order chi connectivity index (χ1) is 10.5. The molecule has 5 nitrogen and oxygen atoms in total. The average Bonchev–Trinajstić information content (AvgIpc) is 2.73. The minimum absolute atomic E-state index is 0.116. The molecule has 1 N–H and O–H groups in total. The zero-order chi connectivity index (χ0) is 16.1. The lowest BCUT2D eigenvalue weighted by molar-refractivity contribution is -0.140. The number of thioether (sulfide) groups is 1. The smallest absolute Gasteiger partial charge is 0.323 e. The van der Waals surface area contributed by atoms with E-state index in [1.807, 2.05) is 0 Å². The summed E-state index contributed by atoms with van der Waals surface area (Å²) in [6, 6.07) is 7.10. The van der Waals surface area contributed by atoms with Crippen molar-refractivity contribution < 1.29 is 19.4 Å². The number of nitrogens with zero attached hydrogens (tertiary/aromatic N) is 1. The molecule has 0 aromatic heterocycles. The molecule has 1 aliphatic heterocycles. The largest absolute Gasteiger partial charge is 0.480 e. The molecule has 0 saturated carbocycles. The zero-order valence-corrected chi connectivity index (χ0v) is 12.9. The van der Waals surface area contributed by atoms with Crippen LogP contribution >= 0.6 is 24.0 Å². The second kappa shape index (κ2) is 7.11. The number of para-hydroxylation sites is 1. The van der Waals surface area contributed by atoms with Crippen molar-refractivity contribution in [3.05, 3.63) is 34.7 Å². The molecular weight excluding hydrogens is 322 g/mol. The van der Waals surface area contributed by atoms with Crippen LogP contribution in [0.4, 0.5) is 0 Å². The number of hydrogen-bond acceptors (Lipinski definition) is 5. The third-order valence-electron chi connectivity index (χ3n) is 2.68. The van der Waals surface area contributed by atoms with Crippen LogP contribution in [-0.2, 0) is 9.59 Å². The van der Waals surface area contributed by atoms with Gasteiger partial charge >= 0.3 is 5.97 Å². The van der Waals surface area contributed by atoms with Crippen LogP contribution in [0.3, 0.4) is 0 Å². The van der Waals surface area contributed by atoms with Gasteiger partial charge in [-0.1, -0.05) is 48.1 Å². The molecule has 0 aliphatic carbocycles. The summed E-state index contributed by atoms with van der Waals surface area (Å²) in [4.78, 5) is 24.4. The fourth-order valence-electron chi connectivity index (χ4n) is 1.76. The fraction of sp³-hybridized carbons (Fsp3) is 0.133. The average molecular weight is 333 g/mol. The normalized spacial score (nSPS) is 16.0. The summed E-state index contributed by atoms with van der Waals surface area (Å²) in [5, 5.41) is 8.81. The number of carboxylic acid groups (broad SMARTS) is 1. The molecule has 22 heavy (non-hydrogen) atoms. The molecule has 1 aliphatic rings. The maximum Gasteiger partial charge on any atom is 0.323 e. The lowest BCUT2D eigenvalue weighted by Gasteiger charge is -2.10. The Morgan fingerprint density at radius 3 is 2.91 bits per heavy atom. The third-order valence-corrected chi connectivity index (χ3v) is 4.06. The Bertz CT molecular complexity index is 706. The molecule has 0 atom stereocenters. The van der Waals surface area contributed by atoms with Crippen molar-refractivity contribution in [1.29, 1.82) is 0 Å². The fourth-order valence-corrected chi connectivity index (χ4v) is 3.01. The van der Waals surface area contributed by atoms with Crippen LogP contribution in [0.5, 0.6) is 5.75 Å². The summed E-state index contributed by atoms with van der Waals surface area (Å²) in [6.45, 7) is -0.331. The van der Waals surface area contributed by atoms with Crippen molar-refractivity contribution >= 4 is 46.3 Å². The lowest BCUT2D eigenvalue weighted by atomic mass is 10.2. The Morgan fingerprint density at radius 2 is 2.23 bits per heavy atom.